The first kappa shape index (κ1) is 36.2. The summed E-state index contributed by atoms with van der Waals surface area (Å²) in [4.78, 5) is 14.9. The number of pyridine rings is 2. The molecule has 0 bridgehead atoms. The van der Waals surface area contributed by atoms with Crippen LogP contribution in [0.1, 0.15) is 0 Å². The smallest absolute Gasteiger partial charge is 0.135 e. The summed E-state index contributed by atoms with van der Waals surface area (Å²) in [5.74, 6) is -0.484. The van der Waals surface area contributed by atoms with Gasteiger partial charge in [-0.05, 0) is 63.4 Å². The Kier molecular flexibility index (Phi) is 10.3. The number of halogens is 2. The van der Waals surface area contributed by atoms with Gasteiger partial charge >= 0.3 is 0 Å². The van der Waals surface area contributed by atoms with Crippen LogP contribution in [0.2, 0.25) is 19.6 Å². The zero-order valence-electron chi connectivity index (χ0n) is 29.1. The molecule has 9 heteroatoms. The van der Waals surface area contributed by atoms with Crippen molar-refractivity contribution in [3.05, 3.63) is 163 Å². The molecule has 53 heavy (non-hydrogen) atoms. The monoisotopic (exact) mass is 907 g/mol. The van der Waals surface area contributed by atoms with E-state index in [2.05, 4.69) is 76.6 Å². The van der Waals surface area contributed by atoms with E-state index in [1.165, 1.54) is 34.7 Å². The average molecular weight is 907 g/mol. The average Bonchev–Trinajstić information content (AvgIpc) is 3.74. The Bertz CT molecular complexity index is 2670. The maximum atomic E-state index is 14.4. The second-order valence-electron chi connectivity index (χ2n) is 13.4. The Balaban J connectivity index is 0.000000216. The molecule has 0 aliphatic carbocycles. The number of nitrogens with zero attached hydrogens (tertiary/aromatic N) is 4. The summed E-state index contributed by atoms with van der Waals surface area (Å²) in [7, 11) is -1.23. The van der Waals surface area contributed by atoms with E-state index in [4.69, 9.17) is 4.98 Å². The van der Waals surface area contributed by atoms with Gasteiger partial charge in [0.05, 0.1) is 36.2 Å². The van der Waals surface area contributed by atoms with E-state index in [0.29, 0.717) is 4.83 Å². The molecule has 4 aromatic heterocycles. The summed E-state index contributed by atoms with van der Waals surface area (Å²) in [6.07, 6.45) is 2.02. The van der Waals surface area contributed by atoms with E-state index in [1.54, 1.807) is 6.07 Å². The molecule has 0 unspecified atom stereocenters. The first-order valence-corrected chi connectivity index (χ1v) is 21.2. The zero-order valence-corrected chi connectivity index (χ0v) is 33.3. The van der Waals surface area contributed by atoms with E-state index in [9.17, 15) is 8.78 Å². The van der Waals surface area contributed by atoms with Crippen LogP contribution in [-0.4, -0.2) is 27.6 Å². The summed E-state index contributed by atoms with van der Waals surface area (Å²) in [6, 6.07) is 48.3. The number of hydrogen-bond acceptors (Lipinski definition) is 4. The van der Waals surface area contributed by atoms with E-state index >= 15 is 0 Å². The molecule has 4 nitrogen and oxygen atoms in total. The van der Waals surface area contributed by atoms with Crippen LogP contribution in [0.25, 0.3) is 70.9 Å². The molecule has 0 saturated heterocycles. The zero-order chi connectivity index (χ0) is 35.8. The molecule has 0 aliphatic rings. The van der Waals surface area contributed by atoms with E-state index < -0.39 is 19.7 Å². The maximum Gasteiger partial charge on any atom is 0.135 e. The minimum atomic E-state index is -1.23. The number of para-hydroxylation sites is 3. The molecule has 9 rings (SSSR count). The molecule has 0 atom stereocenters. The summed E-state index contributed by atoms with van der Waals surface area (Å²) in [5.41, 5.74) is 5.96. The van der Waals surface area contributed by atoms with Crippen molar-refractivity contribution in [1.82, 2.24) is 19.5 Å². The first-order valence-electron chi connectivity index (χ1n) is 16.9. The standard InChI is InChI=1S/C30H16F2N3S.C14H16NSi.Ir/c31-22-12-7-13-23(32)27(22)25-17-16-20-19-10-6-11-21(28(19)36-30(20)34-25)29-33-24-14-4-5-15-26(24)35(29)18-8-2-1-3-9-18;1-16(2,3)13-9-10-14(15-11-13)12-7-5-4-6-8-12;/h1-10,12-17H;4-7,9-11H,1-3H3;/q2*-1;. The Morgan fingerprint density at radius 3 is 2.11 bits per heavy atom. The van der Waals surface area contributed by atoms with Crippen LogP contribution in [0.15, 0.2) is 140 Å². The summed E-state index contributed by atoms with van der Waals surface area (Å²) in [6.45, 7) is 7.00. The minimum Gasteiger partial charge on any atom is -0.333 e. The van der Waals surface area contributed by atoms with Crippen LogP contribution < -0.4 is 5.19 Å². The molecule has 263 valence electrons. The fourth-order valence-corrected chi connectivity index (χ4v) is 8.45. The number of hydrogen-bond donors (Lipinski definition) is 0. The van der Waals surface area contributed by atoms with Crippen LogP contribution in [0, 0.1) is 23.8 Å². The number of thiophene rings is 1. The van der Waals surface area contributed by atoms with Crippen molar-refractivity contribution < 1.29 is 28.9 Å². The number of fused-ring (bicyclic) bond motifs is 4. The van der Waals surface area contributed by atoms with Gasteiger partial charge in [0.15, 0.2) is 0 Å². The molecular formula is C44H32F2IrN4SSi-2. The van der Waals surface area contributed by atoms with Crippen LogP contribution in [0.3, 0.4) is 0 Å². The molecule has 0 saturated carbocycles. The van der Waals surface area contributed by atoms with Gasteiger partial charge in [0, 0.05) is 32.0 Å². The number of rotatable bonds is 5. The fourth-order valence-electron chi connectivity index (χ4n) is 6.25. The van der Waals surface area contributed by atoms with Crippen molar-refractivity contribution in [2.75, 3.05) is 0 Å². The topological polar surface area (TPSA) is 43.6 Å². The molecule has 9 aromatic rings. The third kappa shape index (κ3) is 7.13. The van der Waals surface area contributed by atoms with Crippen molar-refractivity contribution in [3.63, 3.8) is 0 Å². The van der Waals surface area contributed by atoms with Crippen LogP contribution in [-0.2, 0) is 20.1 Å². The normalized spacial score (nSPS) is 11.3. The molecule has 5 aromatic carbocycles. The van der Waals surface area contributed by atoms with Gasteiger partial charge in [0.1, 0.15) is 16.5 Å². The molecule has 0 spiro atoms. The number of imidazole rings is 1. The predicted molar refractivity (Wildman–Crippen MR) is 213 cm³/mol. The van der Waals surface area contributed by atoms with Crippen LogP contribution >= 0.6 is 11.3 Å². The van der Waals surface area contributed by atoms with Gasteiger partial charge in [-0.3, -0.25) is 4.98 Å². The van der Waals surface area contributed by atoms with Crippen molar-refractivity contribution in [3.8, 4) is 39.6 Å². The first-order chi connectivity index (χ1) is 25.3. The van der Waals surface area contributed by atoms with Gasteiger partial charge in [-0.25, -0.2) is 13.8 Å². The van der Waals surface area contributed by atoms with Gasteiger partial charge in [-0.15, -0.1) is 54.1 Å². The molecule has 0 N–H and O–H groups in total. The Hall–Kier alpha value is -5.18. The van der Waals surface area contributed by atoms with Gasteiger partial charge in [-0.2, -0.15) is 11.3 Å². The fraction of sp³-hybridized carbons (Fsp3) is 0.0682. The van der Waals surface area contributed by atoms with E-state index in [1.807, 2.05) is 85.1 Å². The Morgan fingerprint density at radius 2 is 1.40 bits per heavy atom. The second kappa shape index (κ2) is 15.0. The van der Waals surface area contributed by atoms with Crippen LogP contribution in [0.5, 0.6) is 0 Å². The van der Waals surface area contributed by atoms with Gasteiger partial charge in [0.2, 0.25) is 0 Å². The molecular weight excluding hydrogens is 875 g/mol. The molecule has 0 fully saturated rings. The summed E-state index contributed by atoms with van der Waals surface area (Å²) < 4.78 is 32.0. The maximum absolute atomic E-state index is 14.4. The van der Waals surface area contributed by atoms with Gasteiger partial charge < -0.3 is 9.55 Å². The Morgan fingerprint density at radius 1 is 0.660 bits per heavy atom. The largest absolute Gasteiger partial charge is 0.333 e. The van der Waals surface area contributed by atoms with Crippen molar-refractivity contribution in [2.45, 2.75) is 19.6 Å². The number of benzene rings is 5. The van der Waals surface area contributed by atoms with Gasteiger partial charge in [0.25, 0.3) is 0 Å². The predicted octanol–water partition coefficient (Wildman–Crippen LogP) is 11.3. The number of aromatic nitrogens is 4. The van der Waals surface area contributed by atoms with Crippen LogP contribution in [0.4, 0.5) is 8.78 Å². The minimum absolute atomic E-state index is 0. The molecule has 1 radical (unpaired) electrons. The van der Waals surface area contributed by atoms with Crippen molar-refractivity contribution in [1.29, 1.82) is 0 Å². The van der Waals surface area contributed by atoms with Gasteiger partial charge in [-0.1, -0.05) is 85.2 Å². The van der Waals surface area contributed by atoms with Crippen molar-refractivity contribution in [2.24, 2.45) is 0 Å². The van der Waals surface area contributed by atoms with E-state index in [0.717, 1.165) is 54.8 Å². The van der Waals surface area contributed by atoms with Crippen molar-refractivity contribution >= 4 is 55.9 Å². The third-order valence-corrected chi connectivity index (χ3v) is 12.1. The summed E-state index contributed by atoms with van der Waals surface area (Å²) in [5, 5.41) is 3.32. The SMILES string of the molecule is C[Si](C)(C)c1ccc(-c2[c-]cccc2)nc1.Fc1cccc(F)c1-c1ccc2c(n1)sc1c(-c3nc4ccccc4n3-c3ccccc3)[c-]ccc12.[Ir]. The third-order valence-electron chi connectivity index (χ3n) is 8.93. The quantitative estimate of drug-likeness (QED) is 0.128. The molecule has 4 heterocycles. The molecule has 0 aliphatic heterocycles. The second-order valence-corrected chi connectivity index (χ2v) is 19.5. The summed E-state index contributed by atoms with van der Waals surface area (Å²) >= 11 is 1.48. The molecule has 0 amide bonds. The Labute approximate surface area is 325 Å². The van der Waals surface area contributed by atoms with E-state index in [-0.39, 0.29) is 31.4 Å².